The minimum atomic E-state index is -0.648. The molecule has 0 bridgehead atoms. The van der Waals surface area contributed by atoms with Gasteiger partial charge in [-0.2, -0.15) is 5.26 Å². The first kappa shape index (κ1) is 14.9. The van der Waals surface area contributed by atoms with Gasteiger partial charge in [0, 0.05) is 0 Å². The topological polar surface area (TPSA) is 117 Å². The van der Waals surface area contributed by atoms with Gasteiger partial charge in [0.15, 0.2) is 4.77 Å². The molecule has 0 radical (unpaired) electrons. The highest BCUT2D eigenvalue weighted by atomic mass is 32.1. The molecule has 0 saturated heterocycles. The minimum Gasteiger partial charge on any atom is -0.497 e. The molecule has 0 spiro atoms. The average molecular weight is 328 g/mol. The summed E-state index contributed by atoms with van der Waals surface area (Å²) in [6, 6.07) is 9.05. The Kier molecular flexibility index (Phi) is 3.64. The smallest absolute Gasteiger partial charge is 0.259 e. The molecule has 23 heavy (non-hydrogen) atoms. The van der Waals surface area contributed by atoms with Crippen molar-refractivity contribution in [1.82, 2.24) is 9.97 Å². The molecule has 0 aliphatic carbocycles. The summed E-state index contributed by atoms with van der Waals surface area (Å²) in [5.41, 5.74) is 6.54. The third-order valence-corrected chi connectivity index (χ3v) is 3.77. The number of nitrogens with zero attached hydrogens (tertiary/aromatic N) is 1. The number of nitrogens with one attached hydrogen (secondary N) is 2. The zero-order valence-electron chi connectivity index (χ0n) is 12.0. The van der Waals surface area contributed by atoms with Gasteiger partial charge >= 0.3 is 0 Å². The van der Waals surface area contributed by atoms with E-state index in [4.69, 9.17) is 27.4 Å². The molecular formula is C15H12N4O3S. The van der Waals surface area contributed by atoms with Crippen LogP contribution in [-0.4, -0.2) is 17.1 Å². The molecule has 2 aromatic rings. The Balaban J connectivity index is 2.26. The number of nitriles is 1. The van der Waals surface area contributed by atoms with Gasteiger partial charge in [-0.15, -0.1) is 0 Å². The monoisotopic (exact) mass is 328 g/mol. The summed E-state index contributed by atoms with van der Waals surface area (Å²) in [5, 5.41) is 9.43. The Morgan fingerprint density at radius 2 is 2.04 bits per heavy atom. The SMILES string of the molecule is COc1ccc(C2C(C#N)=C(N)Oc3[nH]c(=S)[nH]c(=O)c32)cc1. The first-order valence-electron chi connectivity index (χ1n) is 6.63. The van der Waals surface area contributed by atoms with Gasteiger partial charge in [-0.3, -0.25) is 9.78 Å². The highest BCUT2D eigenvalue weighted by Gasteiger charge is 2.33. The van der Waals surface area contributed by atoms with Crippen LogP contribution >= 0.6 is 12.2 Å². The van der Waals surface area contributed by atoms with Gasteiger partial charge in [-0.25, -0.2) is 0 Å². The quantitative estimate of drug-likeness (QED) is 0.722. The normalized spacial score (nSPS) is 16.3. The van der Waals surface area contributed by atoms with Crippen molar-refractivity contribution in [2.45, 2.75) is 5.92 Å². The number of ether oxygens (including phenoxy) is 2. The average Bonchev–Trinajstić information content (AvgIpc) is 2.53. The molecule has 0 saturated carbocycles. The third kappa shape index (κ3) is 2.47. The van der Waals surface area contributed by atoms with E-state index in [9.17, 15) is 10.1 Å². The second-order valence-corrected chi connectivity index (χ2v) is 5.26. The van der Waals surface area contributed by atoms with E-state index in [1.165, 1.54) is 0 Å². The highest BCUT2D eigenvalue weighted by molar-refractivity contribution is 7.71. The van der Waals surface area contributed by atoms with Crippen molar-refractivity contribution < 1.29 is 9.47 Å². The van der Waals surface area contributed by atoms with E-state index in [1.807, 2.05) is 6.07 Å². The molecule has 1 aliphatic rings. The number of methoxy groups -OCH3 is 1. The number of hydrogen-bond donors (Lipinski definition) is 3. The second-order valence-electron chi connectivity index (χ2n) is 4.85. The predicted molar refractivity (Wildman–Crippen MR) is 84.5 cm³/mol. The van der Waals surface area contributed by atoms with Gasteiger partial charge in [0.1, 0.15) is 17.4 Å². The fourth-order valence-corrected chi connectivity index (χ4v) is 2.70. The molecule has 2 heterocycles. The number of nitrogens with two attached hydrogens (primary N) is 1. The van der Waals surface area contributed by atoms with Crippen LogP contribution in [0.2, 0.25) is 0 Å². The molecule has 0 fully saturated rings. The van der Waals surface area contributed by atoms with Crippen LogP contribution < -0.4 is 20.8 Å². The van der Waals surface area contributed by atoms with Gasteiger partial charge < -0.3 is 20.2 Å². The van der Waals surface area contributed by atoms with E-state index >= 15 is 0 Å². The van der Waals surface area contributed by atoms with E-state index in [0.717, 1.165) is 0 Å². The maximum Gasteiger partial charge on any atom is 0.259 e. The van der Waals surface area contributed by atoms with Crippen LogP contribution in [0.1, 0.15) is 17.0 Å². The Morgan fingerprint density at radius 3 is 2.65 bits per heavy atom. The largest absolute Gasteiger partial charge is 0.497 e. The van der Waals surface area contributed by atoms with Crippen LogP contribution in [-0.2, 0) is 0 Å². The van der Waals surface area contributed by atoms with Gasteiger partial charge in [0.25, 0.3) is 5.56 Å². The lowest BCUT2D eigenvalue weighted by Crippen LogP contribution is -2.28. The molecule has 0 amide bonds. The summed E-state index contributed by atoms with van der Waals surface area (Å²) in [7, 11) is 1.56. The molecule has 7 nitrogen and oxygen atoms in total. The van der Waals surface area contributed by atoms with E-state index in [1.54, 1.807) is 31.4 Å². The van der Waals surface area contributed by atoms with Crippen LogP contribution in [0, 0.1) is 16.1 Å². The molecule has 1 unspecified atom stereocenters. The van der Waals surface area contributed by atoms with Crippen LogP contribution in [0.5, 0.6) is 11.6 Å². The van der Waals surface area contributed by atoms with Gasteiger partial charge in [0.05, 0.1) is 18.6 Å². The molecule has 1 aliphatic heterocycles. The van der Waals surface area contributed by atoms with Crippen molar-refractivity contribution in [3.8, 4) is 17.7 Å². The lowest BCUT2D eigenvalue weighted by atomic mass is 9.85. The lowest BCUT2D eigenvalue weighted by Gasteiger charge is -2.25. The number of hydrogen-bond acceptors (Lipinski definition) is 6. The van der Waals surface area contributed by atoms with E-state index < -0.39 is 11.5 Å². The summed E-state index contributed by atoms with van der Waals surface area (Å²) in [5.74, 6) is 0.108. The third-order valence-electron chi connectivity index (χ3n) is 3.57. The second kappa shape index (κ2) is 5.62. The molecule has 116 valence electrons. The van der Waals surface area contributed by atoms with Crippen molar-refractivity contribution in [2.24, 2.45) is 5.73 Å². The summed E-state index contributed by atoms with van der Waals surface area (Å²) in [6.45, 7) is 0. The Bertz CT molecular complexity index is 950. The molecule has 1 atom stereocenters. The summed E-state index contributed by atoms with van der Waals surface area (Å²) in [4.78, 5) is 17.6. The van der Waals surface area contributed by atoms with Crippen LogP contribution in [0.3, 0.4) is 0 Å². The first-order valence-corrected chi connectivity index (χ1v) is 7.04. The van der Waals surface area contributed by atoms with Crippen molar-refractivity contribution in [3.05, 3.63) is 62.0 Å². The highest BCUT2D eigenvalue weighted by Crippen LogP contribution is 2.39. The predicted octanol–water partition coefficient (Wildman–Crippen LogP) is 1.66. The molecule has 3 rings (SSSR count). The number of rotatable bonds is 2. The van der Waals surface area contributed by atoms with Gasteiger partial charge in [0.2, 0.25) is 11.8 Å². The number of allylic oxidation sites excluding steroid dienone is 1. The Labute approximate surface area is 136 Å². The summed E-state index contributed by atoms with van der Waals surface area (Å²) in [6.07, 6.45) is 0. The zero-order valence-corrected chi connectivity index (χ0v) is 12.9. The van der Waals surface area contributed by atoms with E-state index in [-0.39, 0.29) is 27.7 Å². The maximum absolute atomic E-state index is 12.3. The summed E-state index contributed by atoms with van der Waals surface area (Å²) < 4.78 is 10.6. The van der Waals surface area contributed by atoms with Crippen LogP contribution in [0.4, 0.5) is 0 Å². The minimum absolute atomic E-state index is 0.0583. The number of H-pyrrole nitrogens is 2. The lowest BCUT2D eigenvalue weighted by molar-refractivity contribution is 0.374. The summed E-state index contributed by atoms with van der Waals surface area (Å²) >= 11 is 4.94. The number of fused-ring (bicyclic) bond motifs is 1. The molecule has 8 heteroatoms. The number of benzene rings is 1. The molecular weight excluding hydrogens is 316 g/mol. The number of aromatic nitrogens is 2. The van der Waals surface area contributed by atoms with Crippen LogP contribution in [0.25, 0.3) is 0 Å². The van der Waals surface area contributed by atoms with Crippen molar-refractivity contribution in [1.29, 1.82) is 5.26 Å². The number of aromatic amines is 2. The standard InChI is InChI=1S/C15H12N4O3S/c1-21-8-4-2-7(3-5-8)10-9(6-16)12(17)22-14-11(10)13(20)18-15(23)19-14/h2-5,10H,17H2,1H3,(H2,18,19,20,23). The van der Waals surface area contributed by atoms with E-state index in [0.29, 0.717) is 11.3 Å². The fourth-order valence-electron chi connectivity index (χ4n) is 2.52. The van der Waals surface area contributed by atoms with Crippen LogP contribution in [0.15, 0.2) is 40.5 Å². The van der Waals surface area contributed by atoms with Gasteiger partial charge in [-0.1, -0.05) is 12.1 Å². The molecule has 1 aromatic carbocycles. The van der Waals surface area contributed by atoms with Crippen molar-refractivity contribution >= 4 is 12.2 Å². The maximum atomic E-state index is 12.3. The fraction of sp³-hybridized carbons (Fsp3) is 0.133. The van der Waals surface area contributed by atoms with E-state index in [2.05, 4.69) is 9.97 Å². The zero-order chi connectivity index (χ0) is 16.6. The first-order chi connectivity index (χ1) is 11.0. The van der Waals surface area contributed by atoms with Gasteiger partial charge in [-0.05, 0) is 29.9 Å². The van der Waals surface area contributed by atoms with Crippen molar-refractivity contribution in [2.75, 3.05) is 7.11 Å². The Morgan fingerprint density at radius 1 is 1.35 bits per heavy atom. The molecule has 1 aromatic heterocycles. The van der Waals surface area contributed by atoms with Crippen molar-refractivity contribution in [3.63, 3.8) is 0 Å². The Hall–Kier alpha value is -3.05. The molecule has 4 N–H and O–H groups in total.